The summed E-state index contributed by atoms with van der Waals surface area (Å²) >= 11 is 0. The molecule has 0 atom stereocenters. The van der Waals surface area contributed by atoms with E-state index in [9.17, 15) is 0 Å². The first-order valence-electron chi connectivity index (χ1n) is 5.62. The highest BCUT2D eigenvalue weighted by Gasteiger charge is 2.11. The van der Waals surface area contributed by atoms with Crippen LogP contribution in [0.25, 0.3) is 0 Å². The normalized spacial score (nSPS) is 15.1. The molecule has 98 valence electrons. The third kappa shape index (κ3) is 5.23. The zero-order chi connectivity index (χ0) is 10.5. The maximum absolute atomic E-state index is 5.27. The third-order valence-corrected chi connectivity index (χ3v) is 2.93. The lowest BCUT2D eigenvalue weighted by Gasteiger charge is -2.14. The zero-order valence-electron chi connectivity index (χ0n) is 9.89. The predicted molar refractivity (Wildman–Crippen MR) is 76.5 cm³/mol. The molecule has 3 nitrogen and oxygen atoms in total. The van der Waals surface area contributed by atoms with Crippen LogP contribution >= 0.6 is 24.8 Å². The number of likely N-dealkylation sites (tertiary alicyclic amines) is 1. The minimum absolute atomic E-state index is 0. The molecule has 1 aliphatic heterocycles. The highest BCUT2D eigenvalue weighted by molar-refractivity contribution is 5.85. The van der Waals surface area contributed by atoms with Gasteiger partial charge in [-0.05, 0) is 37.1 Å². The first kappa shape index (κ1) is 16.7. The van der Waals surface area contributed by atoms with Crippen LogP contribution in [0.4, 0.5) is 0 Å². The summed E-state index contributed by atoms with van der Waals surface area (Å²) in [4.78, 5) is 2.51. The highest BCUT2D eigenvalue weighted by Crippen LogP contribution is 2.13. The molecule has 1 aromatic rings. The number of hydrazine groups is 1. The summed E-state index contributed by atoms with van der Waals surface area (Å²) in [6.45, 7) is 4.35. The summed E-state index contributed by atoms with van der Waals surface area (Å²) in [5.74, 6) is 5.27. The fraction of sp³-hybridized carbons (Fsp3) is 0.500. The Labute approximate surface area is 116 Å². The van der Waals surface area contributed by atoms with Crippen molar-refractivity contribution < 1.29 is 0 Å². The van der Waals surface area contributed by atoms with Gasteiger partial charge in [-0.25, -0.2) is 0 Å². The maximum Gasteiger partial charge on any atom is 0.0348 e. The lowest BCUT2D eigenvalue weighted by Crippen LogP contribution is -2.21. The van der Waals surface area contributed by atoms with Gasteiger partial charge >= 0.3 is 0 Å². The van der Waals surface area contributed by atoms with Gasteiger partial charge in [0, 0.05) is 13.1 Å². The molecule has 0 bridgehead atoms. The molecular formula is C12H21Cl2N3. The van der Waals surface area contributed by atoms with Gasteiger partial charge in [0.15, 0.2) is 0 Å². The summed E-state index contributed by atoms with van der Waals surface area (Å²) in [6.07, 6.45) is 2.71. The van der Waals surface area contributed by atoms with Crippen LogP contribution in [-0.4, -0.2) is 18.0 Å². The molecule has 0 radical (unpaired) electrons. The van der Waals surface area contributed by atoms with Crippen molar-refractivity contribution in [3.05, 3.63) is 35.4 Å². The van der Waals surface area contributed by atoms with Crippen molar-refractivity contribution in [3.8, 4) is 0 Å². The van der Waals surface area contributed by atoms with Crippen molar-refractivity contribution in [3.63, 3.8) is 0 Å². The minimum Gasteiger partial charge on any atom is -0.299 e. The second kappa shape index (κ2) is 8.72. The lowest BCUT2D eigenvalue weighted by atomic mass is 10.1. The van der Waals surface area contributed by atoms with Crippen LogP contribution in [-0.2, 0) is 13.1 Å². The molecular weight excluding hydrogens is 257 g/mol. The largest absolute Gasteiger partial charge is 0.299 e. The first-order chi connectivity index (χ1) is 7.38. The van der Waals surface area contributed by atoms with Gasteiger partial charge in [-0.2, -0.15) is 0 Å². The molecule has 0 aliphatic carbocycles. The lowest BCUT2D eigenvalue weighted by molar-refractivity contribution is 0.331. The number of nitrogens with two attached hydrogens (primary N) is 1. The Morgan fingerprint density at radius 1 is 1.00 bits per heavy atom. The summed E-state index contributed by atoms with van der Waals surface area (Å²) in [5, 5.41) is 0. The van der Waals surface area contributed by atoms with E-state index in [1.54, 1.807) is 0 Å². The van der Waals surface area contributed by atoms with Gasteiger partial charge in [0.05, 0.1) is 0 Å². The average molecular weight is 278 g/mol. The number of nitrogens with one attached hydrogen (secondary N) is 1. The fourth-order valence-electron chi connectivity index (χ4n) is 2.08. The number of rotatable bonds is 4. The van der Waals surface area contributed by atoms with Crippen LogP contribution < -0.4 is 11.3 Å². The molecule has 1 aliphatic rings. The summed E-state index contributed by atoms with van der Waals surface area (Å²) < 4.78 is 0. The molecule has 0 spiro atoms. The standard InChI is InChI=1S/C12H19N3.2ClH/c13-14-9-11-3-5-12(6-4-11)10-15-7-1-2-8-15;;/h3-6,14H,1-2,7-10,13H2;2*1H. The fourth-order valence-corrected chi connectivity index (χ4v) is 2.08. The number of halogens is 2. The smallest absolute Gasteiger partial charge is 0.0348 e. The highest BCUT2D eigenvalue weighted by atomic mass is 35.5. The molecule has 0 unspecified atom stereocenters. The Morgan fingerprint density at radius 3 is 2.06 bits per heavy atom. The van der Waals surface area contributed by atoms with Crippen molar-refractivity contribution in [2.75, 3.05) is 13.1 Å². The summed E-state index contributed by atoms with van der Waals surface area (Å²) in [5.41, 5.74) is 5.31. The second-order valence-electron chi connectivity index (χ2n) is 4.18. The van der Waals surface area contributed by atoms with Crippen molar-refractivity contribution in [2.24, 2.45) is 5.84 Å². The van der Waals surface area contributed by atoms with Crippen molar-refractivity contribution in [1.82, 2.24) is 10.3 Å². The van der Waals surface area contributed by atoms with E-state index in [1.807, 2.05) is 0 Å². The number of nitrogens with zero attached hydrogens (tertiary/aromatic N) is 1. The molecule has 0 saturated carbocycles. The monoisotopic (exact) mass is 277 g/mol. The first-order valence-corrected chi connectivity index (χ1v) is 5.62. The van der Waals surface area contributed by atoms with Crippen LogP contribution in [0.15, 0.2) is 24.3 Å². The van der Waals surface area contributed by atoms with E-state index >= 15 is 0 Å². The van der Waals surface area contributed by atoms with Crippen molar-refractivity contribution >= 4 is 24.8 Å². The zero-order valence-corrected chi connectivity index (χ0v) is 11.5. The average Bonchev–Trinajstić information content (AvgIpc) is 2.74. The Kier molecular flexibility index (Phi) is 8.56. The van der Waals surface area contributed by atoms with Crippen molar-refractivity contribution in [1.29, 1.82) is 0 Å². The Hall–Kier alpha value is -0.320. The summed E-state index contributed by atoms with van der Waals surface area (Å²) in [7, 11) is 0. The molecule has 17 heavy (non-hydrogen) atoms. The van der Waals surface area contributed by atoms with E-state index in [2.05, 4.69) is 34.6 Å². The molecule has 0 amide bonds. The van der Waals surface area contributed by atoms with Gasteiger partial charge in [-0.15, -0.1) is 24.8 Å². The second-order valence-corrected chi connectivity index (χ2v) is 4.18. The van der Waals surface area contributed by atoms with Crippen LogP contribution in [0, 0.1) is 0 Å². The molecule has 1 saturated heterocycles. The molecule has 1 fully saturated rings. The van der Waals surface area contributed by atoms with Crippen molar-refractivity contribution in [2.45, 2.75) is 25.9 Å². The van der Waals surface area contributed by atoms with Gasteiger partial charge in [0.1, 0.15) is 0 Å². The minimum atomic E-state index is 0. The van der Waals surface area contributed by atoms with E-state index < -0.39 is 0 Å². The van der Waals surface area contributed by atoms with E-state index in [-0.39, 0.29) is 24.8 Å². The van der Waals surface area contributed by atoms with Crippen LogP contribution in [0.3, 0.4) is 0 Å². The number of hydrogen-bond donors (Lipinski definition) is 2. The van der Waals surface area contributed by atoms with E-state index in [0.717, 1.165) is 13.1 Å². The van der Waals surface area contributed by atoms with Crippen LogP contribution in [0.2, 0.25) is 0 Å². The third-order valence-electron chi connectivity index (χ3n) is 2.93. The molecule has 1 aromatic carbocycles. The molecule has 3 N–H and O–H groups in total. The topological polar surface area (TPSA) is 41.3 Å². The SMILES string of the molecule is Cl.Cl.NNCc1ccc(CN2CCCC2)cc1. The van der Waals surface area contributed by atoms with Gasteiger partial charge in [-0.3, -0.25) is 16.2 Å². The van der Waals surface area contributed by atoms with E-state index in [1.165, 1.54) is 37.1 Å². The van der Waals surface area contributed by atoms with E-state index in [0.29, 0.717) is 0 Å². The molecule has 1 heterocycles. The van der Waals surface area contributed by atoms with Gasteiger partial charge in [0.25, 0.3) is 0 Å². The van der Waals surface area contributed by atoms with Gasteiger partial charge in [0.2, 0.25) is 0 Å². The maximum atomic E-state index is 5.27. The van der Waals surface area contributed by atoms with E-state index in [4.69, 9.17) is 5.84 Å². The quantitative estimate of drug-likeness (QED) is 0.654. The Morgan fingerprint density at radius 2 is 1.53 bits per heavy atom. The van der Waals surface area contributed by atoms with Crippen LogP contribution in [0.5, 0.6) is 0 Å². The summed E-state index contributed by atoms with van der Waals surface area (Å²) in [6, 6.07) is 8.69. The van der Waals surface area contributed by atoms with Crippen LogP contribution in [0.1, 0.15) is 24.0 Å². The number of hydrogen-bond acceptors (Lipinski definition) is 3. The number of benzene rings is 1. The Balaban J connectivity index is 0.00000128. The predicted octanol–water partition coefficient (Wildman–Crippen LogP) is 2.09. The van der Waals surface area contributed by atoms with Gasteiger partial charge < -0.3 is 0 Å². The molecule has 2 rings (SSSR count). The molecule has 5 heteroatoms. The molecule has 0 aromatic heterocycles. The van der Waals surface area contributed by atoms with Gasteiger partial charge in [-0.1, -0.05) is 24.3 Å². The Bertz CT molecular complexity index is 297.